The molecule has 1 aromatic carbocycles. The molecule has 7 heteroatoms. The zero-order valence-corrected chi connectivity index (χ0v) is 11.7. The molecule has 1 aliphatic rings. The first-order valence-corrected chi connectivity index (χ1v) is 7.70. The van der Waals surface area contributed by atoms with Crippen molar-refractivity contribution in [3.05, 3.63) is 47.3 Å². The first-order valence-electron chi connectivity index (χ1n) is 6.26. The van der Waals surface area contributed by atoms with Crippen molar-refractivity contribution in [3.8, 4) is 0 Å². The number of nitrogens with zero attached hydrogens (tertiary/aromatic N) is 2. The Balaban J connectivity index is 1.97. The first kappa shape index (κ1) is 13.3. The van der Waals surface area contributed by atoms with Crippen LogP contribution in [0.2, 0.25) is 0 Å². The number of aryl methyl sites for hydroxylation is 1. The number of aromatic nitrogens is 2. The molecule has 20 heavy (non-hydrogen) atoms. The Hall–Kier alpha value is -1.73. The molecule has 0 radical (unpaired) electrons. The number of fused-ring (bicyclic) bond motifs is 1. The van der Waals surface area contributed by atoms with Gasteiger partial charge in [-0.25, -0.2) is 17.8 Å². The van der Waals surface area contributed by atoms with Gasteiger partial charge < -0.3 is 4.98 Å². The Morgan fingerprint density at radius 3 is 2.95 bits per heavy atom. The van der Waals surface area contributed by atoms with Crippen LogP contribution >= 0.6 is 0 Å². The number of sulfonamides is 1. The molecule has 0 bridgehead atoms. The number of halogens is 1. The molecule has 0 amide bonds. The molecule has 2 aromatic rings. The van der Waals surface area contributed by atoms with E-state index in [-0.39, 0.29) is 11.4 Å². The lowest BCUT2D eigenvalue weighted by Crippen LogP contribution is -2.36. The van der Waals surface area contributed by atoms with Gasteiger partial charge >= 0.3 is 0 Å². The van der Waals surface area contributed by atoms with Crippen LogP contribution in [0.25, 0.3) is 0 Å². The van der Waals surface area contributed by atoms with Gasteiger partial charge in [-0.15, -0.1) is 0 Å². The third kappa shape index (κ3) is 2.12. The number of aromatic amines is 1. The summed E-state index contributed by atoms with van der Waals surface area (Å²) in [5.41, 5.74) is 2.15. The molecule has 2 heterocycles. The molecule has 106 valence electrons. The zero-order valence-electron chi connectivity index (χ0n) is 10.9. The van der Waals surface area contributed by atoms with Crippen LogP contribution < -0.4 is 0 Å². The summed E-state index contributed by atoms with van der Waals surface area (Å²) >= 11 is 0. The normalized spacial score (nSPS) is 16.1. The molecule has 1 N–H and O–H groups in total. The van der Waals surface area contributed by atoms with Crippen molar-refractivity contribution < 1.29 is 12.8 Å². The van der Waals surface area contributed by atoms with Crippen LogP contribution in [0, 0.1) is 12.7 Å². The van der Waals surface area contributed by atoms with Crippen molar-refractivity contribution in [2.75, 3.05) is 6.54 Å². The van der Waals surface area contributed by atoms with Crippen molar-refractivity contribution in [1.82, 2.24) is 14.3 Å². The maximum Gasteiger partial charge on any atom is 0.243 e. The highest BCUT2D eigenvalue weighted by atomic mass is 32.2. The maximum absolute atomic E-state index is 13.1. The summed E-state index contributed by atoms with van der Waals surface area (Å²) in [4.78, 5) is 7.26. The van der Waals surface area contributed by atoms with Crippen LogP contribution in [0.4, 0.5) is 4.39 Å². The first-order chi connectivity index (χ1) is 9.48. The van der Waals surface area contributed by atoms with Crippen LogP contribution in [0.1, 0.15) is 17.0 Å². The lowest BCUT2D eigenvalue weighted by molar-refractivity contribution is 0.385. The molecule has 0 aliphatic carbocycles. The maximum atomic E-state index is 13.1. The van der Waals surface area contributed by atoms with Crippen molar-refractivity contribution in [2.24, 2.45) is 0 Å². The van der Waals surface area contributed by atoms with Gasteiger partial charge in [0.25, 0.3) is 0 Å². The molecule has 0 unspecified atom stereocenters. The highest BCUT2D eigenvalue weighted by Crippen LogP contribution is 2.25. The summed E-state index contributed by atoms with van der Waals surface area (Å²) < 4.78 is 39.7. The fourth-order valence-electron chi connectivity index (χ4n) is 2.43. The third-order valence-electron chi connectivity index (χ3n) is 3.49. The highest BCUT2D eigenvalue weighted by Gasteiger charge is 2.30. The molecule has 1 aromatic heterocycles. The van der Waals surface area contributed by atoms with Gasteiger partial charge in [0.2, 0.25) is 10.0 Å². The van der Waals surface area contributed by atoms with E-state index in [2.05, 4.69) is 9.97 Å². The second-order valence-electron chi connectivity index (χ2n) is 4.83. The minimum atomic E-state index is -3.61. The van der Waals surface area contributed by atoms with Gasteiger partial charge in [0, 0.05) is 13.0 Å². The summed E-state index contributed by atoms with van der Waals surface area (Å²) in [6, 6.07) is 3.73. The van der Waals surface area contributed by atoms with Gasteiger partial charge in [-0.1, -0.05) is 0 Å². The number of rotatable bonds is 2. The van der Waals surface area contributed by atoms with Gasteiger partial charge in [-0.2, -0.15) is 4.31 Å². The molecule has 3 rings (SSSR count). The molecular formula is C13H14FN3O2S. The third-order valence-corrected chi connectivity index (χ3v) is 5.50. The average Bonchev–Trinajstić information content (AvgIpc) is 2.85. The quantitative estimate of drug-likeness (QED) is 0.915. The van der Waals surface area contributed by atoms with E-state index >= 15 is 0 Å². The average molecular weight is 295 g/mol. The minimum Gasteiger partial charge on any atom is -0.347 e. The van der Waals surface area contributed by atoms with Crippen molar-refractivity contribution in [3.63, 3.8) is 0 Å². The van der Waals surface area contributed by atoms with Crippen LogP contribution in [-0.4, -0.2) is 29.2 Å². The summed E-state index contributed by atoms with van der Waals surface area (Å²) in [6.45, 7) is 2.26. The van der Waals surface area contributed by atoms with Gasteiger partial charge in [0.1, 0.15) is 5.82 Å². The number of hydrogen-bond acceptors (Lipinski definition) is 3. The van der Waals surface area contributed by atoms with E-state index in [4.69, 9.17) is 0 Å². The summed E-state index contributed by atoms with van der Waals surface area (Å²) in [6.07, 6.45) is 2.15. The van der Waals surface area contributed by atoms with Gasteiger partial charge in [0.15, 0.2) is 0 Å². The van der Waals surface area contributed by atoms with Crippen molar-refractivity contribution >= 4 is 10.0 Å². The standard InChI is InChI=1S/C13H14FN3O2S/c1-9-6-10(14)2-3-13(9)20(18,19)17-5-4-11-12(7-17)16-8-15-11/h2-3,6,8H,4-5,7H2,1H3,(H,15,16). The zero-order chi connectivity index (χ0) is 14.3. The SMILES string of the molecule is Cc1cc(F)ccc1S(=O)(=O)N1CCc2nc[nH]c2C1. The van der Waals surface area contributed by atoms with E-state index in [1.807, 2.05) is 0 Å². The van der Waals surface area contributed by atoms with E-state index in [0.29, 0.717) is 18.5 Å². The molecule has 0 fully saturated rings. The topological polar surface area (TPSA) is 66.1 Å². The monoisotopic (exact) mass is 295 g/mol. The Labute approximate surface area is 116 Å². The molecule has 5 nitrogen and oxygen atoms in total. The van der Waals surface area contributed by atoms with E-state index in [1.54, 1.807) is 13.3 Å². The molecule has 1 aliphatic heterocycles. The number of benzene rings is 1. The number of hydrogen-bond donors (Lipinski definition) is 1. The van der Waals surface area contributed by atoms with Crippen molar-refractivity contribution in [2.45, 2.75) is 24.8 Å². The number of imidazole rings is 1. The highest BCUT2D eigenvalue weighted by molar-refractivity contribution is 7.89. The largest absolute Gasteiger partial charge is 0.347 e. The van der Waals surface area contributed by atoms with Gasteiger partial charge in [-0.05, 0) is 30.7 Å². The summed E-state index contributed by atoms with van der Waals surface area (Å²) in [7, 11) is -3.61. The Bertz CT molecular complexity index is 755. The summed E-state index contributed by atoms with van der Waals surface area (Å²) in [5.74, 6) is -0.434. The molecule has 0 saturated heterocycles. The Morgan fingerprint density at radius 2 is 2.20 bits per heavy atom. The number of H-pyrrole nitrogens is 1. The molecule has 0 spiro atoms. The van der Waals surface area contributed by atoms with Crippen molar-refractivity contribution in [1.29, 1.82) is 0 Å². The van der Waals surface area contributed by atoms with Crippen LogP contribution in [0.15, 0.2) is 29.4 Å². The van der Waals surface area contributed by atoms with E-state index < -0.39 is 15.8 Å². The second kappa shape index (κ2) is 4.68. The number of nitrogens with one attached hydrogen (secondary N) is 1. The smallest absolute Gasteiger partial charge is 0.243 e. The lowest BCUT2D eigenvalue weighted by Gasteiger charge is -2.26. The summed E-state index contributed by atoms with van der Waals surface area (Å²) in [5, 5.41) is 0. The second-order valence-corrected chi connectivity index (χ2v) is 6.73. The van der Waals surface area contributed by atoms with Gasteiger partial charge in [-0.3, -0.25) is 0 Å². The molecular weight excluding hydrogens is 281 g/mol. The van der Waals surface area contributed by atoms with Crippen LogP contribution in [0.5, 0.6) is 0 Å². The fourth-order valence-corrected chi connectivity index (χ4v) is 4.05. The fraction of sp³-hybridized carbons (Fsp3) is 0.308. The predicted molar refractivity (Wildman–Crippen MR) is 71.0 cm³/mol. The van der Waals surface area contributed by atoms with E-state index in [0.717, 1.165) is 11.4 Å². The van der Waals surface area contributed by atoms with Gasteiger partial charge in [0.05, 0.1) is 29.2 Å². The van der Waals surface area contributed by atoms with E-state index in [9.17, 15) is 12.8 Å². The lowest BCUT2D eigenvalue weighted by atomic mass is 10.2. The Morgan fingerprint density at radius 1 is 1.40 bits per heavy atom. The molecule has 0 saturated carbocycles. The predicted octanol–water partition coefficient (Wildman–Crippen LogP) is 1.60. The van der Waals surface area contributed by atoms with Crippen LogP contribution in [-0.2, 0) is 23.0 Å². The molecule has 0 atom stereocenters. The Kier molecular flexibility index (Phi) is 3.10. The van der Waals surface area contributed by atoms with Crippen LogP contribution in [0.3, 0.4) is 0 Å². The minimum absolute atomic E-state index is 0.155. The van der Waals surface area contributed by atoms with E-state index in [1.165, 1.54) is 22.5 Å².